The van der Waals surface area contributed by atoms with Gasteiger partial charge in [-0.25, -0.2) is 4.57 Å². The van der Waals surface area contributed by atoms with Crippen LogP contribution in [0.5, 0.6) is 0 Å². The molecule has 0 aromatic carbocycles. The van der Waals surface area contributed by atoms with Crippen LogP contribution in [-0.4, -0.2) is 74.9 Å². The van der Waals surface area contributed by atoms with Gasteiger partial charge in [0.2, 0.25) is 0 Å². The third-order valence-corrected chi connectivity index (χ3v) is 15.6. The number of phosphoric acid groups is 1. The Bertz CT molecular complexity index is 1710. The van der Waals surface area contributed by atoms with E-state index in [2.05, 4.69) is 111 Å². The smallest absolute Gasteiger partial charge is 0.462 e. The zero-order valence-corrected chi connectivity index (χ0v) is 54.8. The fourth-order valence-corrected chi connectivity index (χ4v) is 10.1. The molecule has 0 rings (SSSR count). The summed E-state index contributed by atoms with van der Waals surface area (Å²) in [5.41, 5.74) is 0. The van der Waals surface area contributed by atoms with Crippen molar-refractivity contribution in [2.45, 2.75) is 302 Å². The average molecular weight is 1170 g/mol. The van der Waals surface area contributed by atoms with E-state index in [0.717, 1.165) is 77.0 Å². The van der Waals surface area contributed by atoms with Crippen molar-refractivity contribution < 1.29 is 42.1 Å². The second-order valence-corrected chi connectivity index (χ2v) is 25.3. The molecule has 0 aliphatic carbocycles. The molecule has 474 valence electrons. The molecule has 2 unspecified atom stereocenters. The van der Waals surface area contributed by atoms with Crippen molar-refractivity contribution >= 4 is 19.8 Å². The third-order valence-electron chi connectivity index (χ3n) is 14.6. The molecular formula is C72H129NO8P+. The first kappa shape index (κ1) is 78.9. The van der Waals surface area contributed by atoms with E-state index in [1.54, 1.807) is 0 Å². The van der Waals surface area contributed by atoms with Gasteiger partial charge in [-0.15, -0.1) is 0 Å². The summed E-state index contributed by atoms with van der Waals surface area (Å²) in [7, 11) is 1.48. The van der Waals surface area contributed by atoms with Crippen molar-refractivity contribution in [3.63, 3.8) is 0 Å². The first-order valence-electron chi connectivity index (χ1n) is 34.0. The van der Waals surface area contributed by atoms with Crippen molar-refractivity contribution in [1.82, 2.24) is 0 Å². The molecule has 10 heteroatoms. The highest BCUT2D eigenvalue weighted by Gasteiger charge is 2.27. The number of quaternary nitrogens is 1. The van der Waals surface area contributed by atoms with Gasteiger partial charge in [0.15, 0.2) is 6.10 Å². The second kappa shape index (κ2) is 62.5. The monoisotopic (exact) mass is 1170 g/mol. The van der Waals surface area contributed by atoms with Gasteiger partial charge in [0.1, 0.15) is 19.8 Å². The number of allylic oxidation sites excluding steroid dienone is 16. The summed E-state index contributed by atoms with van der Waals surface area (Å²) in [6, 6.07) is 0. The summed E-state index contributed by atoms with van der Waals surface area (Å²) in [4.78, 5) is 35.9. The van der Waals surface area contributed by atoms with Crippen LogP contribution in [0.15, 0.2) is 97.2 Å². The number of hydrogen-bond donors (Lipinski definition) is 1. The predicted molar refractivity (Wildman–Crippen MR) is 353 cm³/mol. The van der Waals surface area contributed by atoms with Gasteiger partial charge in [-0.3, -0.25) is 18.6 Å². The summed E-state index contributed by atoms with van der Waals surface area (Å²) >= 11 is 0. The Morgan fingerprint density at radius 1 is 0.390 bits per heavy atom. The summed E-state index contributed by atoms with van der Waals surface area (Å²) in [5.74, 6) is -0.795. The Morgan fingerprint density at radius 3 is 1.04 bits per heavy atom. The number of unbranched alkanes of at least 4 members (excludes halogenated alkanes) is 32. The lowest BCUT2D eigenvalue weighted by Gasteiger charge is -2.24. The van der Waals surface area contributed by atoms with Crippen LogP contribution in [0.3, 0.4) is 0 Å². The van der Waals surface area contributed by atoms with Crippen molar-refractivity contribution in [3.8, 4) is 0 Å². The van der Waals surface area contributed by atoms with E-state index in [1.807, 2.05) is 21.1 Å². The molecule has 9 nitrogen and oxygen atoms in total. The Balaban J connectivity index is 4.06. The number of likely N-dealkylation sites (N-methyl/N-ethyl adjacent to an activating group) is 1. The van der Waals surface area contributed by atoms with Gasteiger partial charge in [0.25, 0.3) is 0 Å². The van der Waals surface area contributed by atoms with Crippen LogP contribution in [0, 0.1) is 0 Å². The molecule has 0 aliphatic heterocycles. The Labute approximate surface area is 506 Å². The molecule has 0 amide bonds. The normalized spacial score (nSPS) is 13.8. The van der Waals surface area contributed by atoms with E-state index < -0.39 is 26.5 Å². The molecule has 1 N–H and O–H groups in total. The van der Waals surface area contributed by atoms with Crippen LogP contribution < -0.4 is 0 Å². The zero-order valence-electron chi connectivity index (χ0n) is 54.0. The van der Waals surface area contributed by atoms with Gasteiger partial charge in [-0.05, 0) is 96.3 Å². The van der Waals surface area contributed by atoms with Gasteiger partial charge in [0, 0.05) is 12.8 Å². The number of carbonyl (C=O) groups excluding carboxylic acids is 2. The number of ether oxygens (including phenoxy) is 2. The molecule has 0 spiro atoms. The molecule has 0 aromatic rings. The summed E-state index contributed by atoms with van der Waals surface area (Å²) in [6.07, 6.45) is 86.4. The van der Waals surface area contributed by atoms with E-state index in [4.69, 9.17) is 18.5 Å². The maximum Gasteiger partial charge on any atom is 0.472 e. The Hall–Kier alpha value is -3.07. The zero-order chi connectivity index (χ0) is 59.8. The lowest BCUT2D eigenvalue weighted by molar-refractivity contribution is -0.870. The SMILES string of the molecule is CC/C=C\C/C=C\C/C=C\C/C=C\C/C=C\CCCCCCCCCCCCCCCCCCCC(=O)OC(COC(=O)CCCCCCCCCCCC/C=C\C/C=C\C/C=C\CCCCCCC)COP(=O)(O)OCC[N+](C)(C)C. The predicted octanol–water partition coefficient (Wildman–Crippen LogP) is 21.9. The molecule has 0 saturated heterocycles. The van der Waals surface area contributed by atoms with Crippen molar-refractivity contribution in [2.75, 3.05) is 47.5 Å². The molecule has 0 radical (unpaired) electrons. The summed E-state index contributed by atoms with van der Waals surface area (Å²) in [6.45, 7) is 4.33. The number of esters is 2. The number of nitrogens with zero attached hydrogens (tertiary/aromatic N) is 1. The number of phosphoric ester groups is 1. The van der Waals surface area contributed by atoms with E-state index in [-0.39, 0.29) is 32.0 Å². The van der Waals surface area contributed by atoms with E-state index in [0.29, 0.717) is 17.4 Å². The van der Waals surface area contributed by atoms with Crippen molar-refractivity contribution in [2.24, 2.45) is 0 Å². The topological polar surface area (TPSA) is 108 Å². The third kappa shape index (κ3) is 66.1. The molecule has 2 atom stereocenters. The molecule has 0 aliphatic rings. The van der Waals surface area contributed by atoms with E-state index >= 15 is 0 Å². The minimum atomic E-state index is -4.40. The fraction of sp³-hybridized carbons (Fsp3) is 0.750. The van der Waals surface area contributed by atoms with Gasteiger partial charge in [0.05, 0.1) is 27.7 Å². The van der Waals surface area contributed by atoms with Crippen LogP contribution in [0.4, 0.5) is 0 Å². The first-order chi connectivity index (χ1) is 40.0. The maximum absolute atomic E-state index is 12.9. The largest absolute Gasteiger partial charge is 0.472 e. The van der Waals surface area contributed by atoms with Crippen LogP contribution in [0.25, 0.3) is 0 Å². The minimum absolute atomic E-state index is 0.0286. The lowest BCUT2D eigenvalue weighted by Crippen LogP contribution is -2.37. The first-order valence-corrected chi connectivity index (χ1v) is 35.5. The Morgan fingerprint density at radius 2 is 0.695 bits per heavy atom. The lowest BCUT2D eigenvalue weighted by atomic mass is 10.0. The van der Waals surface area contributed by atoms with E-state index in [1.165, 1.54) is 186 Å². The van der Waals surface area contributed by atoms with Gasteiger partial charge in [-0.1, -0.05) is 284 Å². The summed E-state index contributed by atoms with van der Waals surface area (Å²) in [5, 5.41) is 0. The van der Waals surface area contributed by atoms with Gasteiger partial charge < -0.3 is 18.9 Å². The molecule has 0 fully saturated rings. The second-order valence-electron chi connectivity index (χ2n) is 23.8. The highest BCUT2D eigenvalue weighted by Crippen LogP contribution is 2.43. The molecule has 82 heavy (non-hydrogen) atoms. The quantitative estimate of drug-likeness (QED) is 0.0211. The molecular weight excluding hydrogens is 1040 g/mol. The highest BCUT2D eigenvalue weighted by molar-refractivity contribution is 7.47. The highest BCUT2D eigenvalue weighted by atomic mass is 31.2. The van der Waals surface area contributed by atoms with Crippen molar-refractivity contribution in [3.05, 3.63) is 97.2 Å². The van der Waals surface area contributed by atoms with Crippen LogP contribution in [-0.2, 0) is 32.7 Å². The number of hydrogen-bond acceptors (Lipinski definition) is 7. The van der Waals surface area contributed by atoms with E-state index in [9.17, 15) is 19.0 Å². The molecule has 0 aromatic heterocycles. The van der Waals surface area contributed by atoms with Gasteiger partial charge >= 0.3 is 19.8 Å². The number of carbonyl (C=O) groups is 2. The average Bonchev–Trinajstić information content (AvgIpc) is 3.46. The fourth-order valence-electron chi connectivity index (χ4n) is 9.40. The van der Waals surface area contributed by atoms with Crippen molar-refractivity contribution in [1.29, 1.82) is 0 Å². The molecule has 0 bridgehead atoms. The van der Waals surface area contributed by atoms with Crippen LogP contribution >= 0.6 is 7.82 Å². The van der Waals surface area contributed by atoms with Gasteiger partial charge in [-0.2, -0.15) is 0 Å². The maximum atomic E-state index is 12.9. The van der Waals surface area contributed by atoms with Crippen LogP contribution in [0.1, 0.15) is 296 Å². The molecule has 0 heterocycles. The Kier molecular flexibility index (Phi) is 60.1. The number of rotatable bonds is 62. The standard InChI is InChI=1S/C72H128NO8P/c1-6-8-10-12-14-16-18-20-22-24-26-28-30-32-33-34-35-36-37-38-39-41-43-45-47-49-51-53-55-57-59-61-63-65-72(75)81-70(69-80-82(76,77)79-67-66-73(3,4)5)68-78-71(74)64-62-60-58-56-54-52-50-48-46-44-42-40-31-29-27-25-23-21-19-17-15-13-11-9-7-2/h8,10,14,16,19-22,25-28,31-33,40,70H,6-7,9,11-13,15,17-18,23-24,29-30,34-39,41-69H2,1-5H3/p+1/b10-8-,16-14-,21-19-,22-20-,27-25-,28-26-,33-32-,40-31-. The van der Waals surface area contributed by atoms with Crippen LogP contribution in [0.2, 0.25) is 0 Å². The minimum Gasteiger partial charge on any atom is -0.462 e. The molecule has 0 saturated carbocycles. The summed E-state index contributed by atoms with van der Waals surface area (Å²) < 4.78 is 34.7.